The quantitative estimate of drug-likeness (QED) is 0.836. The summed E-state index contributed by atoms with van der Waals surface area (Å²) in [6.07, 6.45) is 1.88. The summed E-state index contributed by atoms with van der Waals surface area (Å²) in [5.74, 6) is 0. The Morgan fingerprint density at radius 3 is 3.06 bits per heavy atom. The molecule has 1 aromatic carbocycles. The van der Waals surface area contributed by atoms with Gasteiger partial charge in [-0.1, -0.05) is 18.2 Å². The summed E-state index contributed by atoms with van der Waals surface area (Å²) in [4.78, 5) is 0. The van der Waals surface area contributed by atoms with Crippen molar-refractivity contribution in [1.82, 2.24) is 5.32 Å². The standard InChI is InChI=1S/C13H15NOS/c15-13(11-5-3-7-14-11)10-8-16-12-6-2-1-4-9(10)12/h1-2,4,6,8,11,13-15H,3,5,7H2. The average molecular weight is 233 g/mol. The van der Waals surface area contributed by atoms with E-state index >= 15 is 0 Å². The van der Waals surface area contributed by atoms with Gasteiger partial charge in [-0.2, -0.15) is 0 Å². The molecular formula is C13H15NOS. The molecule has 2 aromatic rings. The predicted molar refractivity (Wildman–Crippen MR) is 67.8 cm³/mol. The smallest absolute Gasteiger partial charge is 0.0956 e. The van der Waals surface area contributed by atoms with Crippen LogP contribution in [0.3, 0.4) is 0 Å². The van der Waals surface area contributed by atoms with E-state index in [9.17, 15) is 5.11 Å². The fourth-order valence-corrected chi connectivity index (χ4v) is 3.42. The zero-order chi connectivity index (χ0) is 11.0. The van der Waals surface area contributed by atoms with Crippen molar-refractivity contribution in [3.8, 4) is 0 Å². The van der Waals surface area contributed by atoms with Crippen molar-refractivity contribution in [1.29, 1.82) is 0 Å². The van der Waals surface area contributed by atoms with Crippen LogP contribution < -0.4 is 5.32 Å². The van der Waals surface area contributed by atoms with Crippen molar-refractivity contribution < 1.29 is 5.11 Å². The highest BCUT2D eigenvalue weighted by molar-refractivity contribution is 7.17. The topological polar surface area (TPSA) is 32.3 Å². The van der Waals surface area contributed by atoms with E-state index in [1.165, 1.54) is 16.5 Å². The molecule has 0 aliphatic carbocycles. The summed E-state index contributed by atoms with van der Waals surface area (Å²) in [5, 5.41) is 17.0. The highest BCUT2D eigenvalue weighted by atomic mass is 32.1. The fraction of sp³-hybridized carbons (Fsp3) is 0.385. The van der Waals surface area contributed by atoms with Gasteiger partial charge in [-0.25, -0.2) is 0 Å². The van der Waals surface area contributed by atoms with Gasteiger partial charge < -0.3 is 10.4 Å². The lowest BCUT2D eigenvalue weighted by Crippen LogP contribution is -2.28. The summed E-state index contributed by atoms with van der Waals surface area (Å²) >= 11 is 1.71. The number of thiophene rings is 1. The van der Waals surface area contributed by atoms with Crippen molar-refractivity contribution in [3.63, 3.8) is 0 Å². The van der Waals surface area contributed by atoms with Gasteiger partial charge >= 0.3 is 0 Å². The summed E-state index contributed by atoms with van der Waals surface area (Å²) in [6, 6.07) is 8.52. The summed E-state index contributed by atoms with van der Waals surface area (Å²) < 4.78 is 1.26. The van der Waals surface area contributed by atoms with Gasteiger partial charge in [-0.05, 0) is 36.2 Å². The van der Waals surface area contributed by atoms with Crippen LogP contribution in [-0.4, -0.2) is 17.7 Å². The van der Waals surface area contributed by atoms with Crippen LogP contribution in [0.1, 0.15) is 24.5 Å². The van der Waals surface area contributed by atoms with Crippen LogP contribution in [0.2, 0.25) is 0 Å². The molecule has 3 heteroatoms. The predicted octanol–water partition coefficient (Wildman–Crippen LogP) is 2.69. The lowest BCUT2D eigenvalue weighted by molar-refractivity contribution is 0.139. The van der Waals surface area contributed by atoms with Gasteiger partial charge in [0.2, 0.25) is 0 Å². The third-order valence-electron chi connectivity index (χ3n) is 3.31. The van der Waals surface area contributed by atoms with Gasteiger partial charge in [0.05, 0.1) is 6.10 Å². The zero-order valence-corrected chi connectivity index (χ0v) is 9.83. The molecule has 0 radical (unpaired) electrons. The maximum atomic E-state index is 10.4. The second-order valence-electron chi connectivity index (χ2n) is 4.33. The van der Waals surface area contributed by atoms with Crippen LogP contribution in [0.4, 0.5) is 0 Å². The second kappa shape index (κ2) is 4.17. The normalized spacial score (nSPS) is 22.7. The first-order valence-corrected chi connectivity index (χ1v) is 6.62. The molecule has 2 atom stereocenters. The molecule has 1 saturated heterocycles. The number of aliphatic hydroxyl groups is 1. The van der Waals surface area contributed by atoms with Crippen LogP contribution >= 0.6 is 11.3 Å². The molecule has 1 aromatic heterocycles. The van der Waals surface area contributed by atoms with E-state index < -0.39 is 0 Å². The van der Waals surface area contributed by atoms with Crippen LogP contribution in [0, 0.1) is 0 Å². The lowest BCUT2D eigenvalue weighted by atomic mass is 10.0. The molecule has 1 fully saturated rings. The first-order chi connectivity index (χ1) is 7.86. The summed E-state index contributed by atoms with van der Waals surface area (Å²) in [5.41, 5.74) is 1.08. The van der Waals surface area contributed by atoms with Crippen molar-refractivity contribution >= 4 is 21.4 Å². The maximum Gasteiger partial charge on any atom is 0.0956 e. The van der Waals surface area contributed by atoms with E-state index in [-0.39, 0.29) is 12.1 Å². The van der Waals surface area contributed by atoms with E-state index in [0.29, 0.717) is 0 Å². The molecule has 0 amide bonds. The van der Waals surface area contributed by atoms with E-state index in [2.05, 4.69) is 22.8 Å². The molecule has 16 heavy (non-hydrogen) atoms. The molecule has 0 saturated carbocycles. The monoisotopic (exact) mass is 233 g/mol. The Hall–Kier alpha value is -0.900. The molecule has 2 unspecified atom stereocenters. The Balaban J connectivity index is 1.98. The molecule has 1 aliphatic heterocycles. The van der Waals surface area contributed by atoms with E-state index in [4.69, 9.17) is 0 Å². The number of benzene rings is 1. The summed E-state index contributed by atoms with van der Waals surface area (Å²) in [6.45, 7) is 1.03. The van der Waals surface area contributed by atoms with E-state index in [1.807, 2.05) is 12.1 Å². The van der Waals surface area contributed by atoms with Gasteiger partial charge in [0.1, 0.15) is 0 Å². The van der Waals surface area contributed by atoms with Gasteiger partial charge in [0.25, 0.3) is 0 Å². The highest BCUT2D eigenvalue weighted by Gasteiger charge is 2.25. The fourth-order valence-electron chi connectivity index (χ4n) is 2.43. The minimum Gasteiger partial charge on any atom is -0.387 e. The van der Waals surface area contributed by atoms with Gasteiger partial charge in [0.15, 0.2) is 0 Å². The first kappa shape index (κ1) is 10.3. The first-order valence-electron chi connectivity index (χ1n) is 5.74. The molecule has 3 rings (SSSR count). The van der Waals surface area contributed by atoms with E-state index in [0.717, 1.165) is 18.5 Å². The largest absolute Gasteiger partial charge is 0.387 e. The molecule has 2 N–H and O–H groups in total. The molecule has 1 aliphatic rings. The SMILES string of the molecule is OC(c1csc2ccccc12)C1CCCN1. The molecule has 0 bridgehead atoms. The van der Waals surface area contributed by atoms with Gasteiger partial charge in [-0.3, -0.25) is 0 Å². The van der Waals surface area contributed by atoms with Crippen molar-refractivity contribution in [2.75, 3.05) is 6.54 Å². The Labute approximate surface area is 98.9 Å². The third-order valence-corrected chi connectivity index (χ3v) is 4.29. The number of rotatable bonds is 2. The minimum absolute atomic E-state index is 0.234. The van der Waals surface area contributed by atoms with Gasteiger partial charge in [-0.15, -0.1) is 11.3 Å². The second-order valence-corrected chi connectivity index (χ2v) is 5.25. The molecule has 2 heterocycles. The van der Waals surface area contributed by atoms with Crippen LogP contribution in [0.15, 0.2) is 29.6 Å². The Morgan fingerprint density at radius 1 is 1.38 bits per heavy atom. The lowest BCUT2D eigenvalue weighted by Gasteiger charge is -2.17. The summed E-state index contributed by atoms with van der Waals surface area (Å²) in [7, 11) is 0. The van der Waals surface area contributed by atoms with Crippen LogP contribution in [0.5, 0.6) is 0 Å². The van der Waals surface area contributed by atoms with Crippen molar-refractivity contribution in [2.45, 2.75) is 25.0 Å². The molecule has 0 spiro atoms. The molecule has 2 nitrogen and oxygen atoms in total. The van der Waals surface area contributed by atoms with Crippen molar-refractivity contribution in [2.24, 2.45) is 0 Å². The number of aliphatic hydroxyl groups excluding tert-OH is 1. The van der Waals surface area contributed by atoms with E-state index in [1.54, 1.807) is 11.3 Å². The number of fused-ring (bicyclic) bond motifs is 1. The molecular weight excluding hydrogens is 218 g/mol. The maximum absolute atomic E-state index is 10.4. The number of hydrogen-bond acceptors (Lipinski definition) is 3. The zero-order valence-electron chi connectivity index (χ0n) is 9.02. The van der Waals surface area contributed by atoms with Crippen LogP contribution in [-0.2, 0) is 0 Å². The number of hydrogen-bond donors (Lipinski definition) is 2. The average Bonchev–Trinajstić information content (AvgIpc) is 2.98. The van der Waals surface area contributed by atoms with Crippen LogP contribution in [0.25, 0.3) is 10.1 Å². The highest BCUT2D eigenvalue weighted by Crippen LogP contribution is 2.33. The Kier molecular flexibility index (Phi) is 2.67. The number of nitrogens with one attached hydrogen (secondary N) is 1. The van der Waals surface area contributed by atoms with Crippen molar-refractivity contribution in [3.05, 3.63) is 35.2 Å². The Morgan fingerprint density at radius 2 is 2.25 bits per heavy atom. The Bertz CT molecular complexity index is 487. The van der Waals surface area contributed by atoms with Gasteiger partial charge in [0, 0.05) is 16.3 Å². The molecule has 84 valence electrons. The minimum atomic E-state index is -0.362. The third kappa shape index (κ3) is 1.65.